The van der Waals surface area contributed by atoms with Gasteiger partial charge in [0.15, 0.2) is 30.1 Å². The summed E-state index contributed by atoms with van der Waals surface area (Å²) in [4.78, 5) is 17.5. The van der Waals surface area contributed by atoms with Crippen molar-refractivity contribution in [2.45, 2.75) is 38.6 Å². The molecule has 2 aromatic heterocycles. The predicted molar refractivity (Wildman–Crippen MR) is 79.2 cm³/mol. The summed E-state index contributed by atoms with van der Waals surface area (Å²) in [5, 5.41) is 21.1. The molecular formula is C12H19N7O4. The van der Waals surface area contributed by atoms with Crippen molar-refractivity contribution >= 4 is 22.9 Å². The Labute approximate surface area is 131 Å². The number of anilines is 2. The Hall–Kier alpha value is -2.05. The standard InChI is InChI=1S/C12H19N7O4/c1-5(2)23-19-6(3-20)22-11(10(19)21)18-4-15-7-8(13)16-12(14)17-9(7)18/h4-6,10-11,20-21H,3H2,1-2H3,(H4,13,14,16,17)/t6?,10-,11?/m1/s1. The van der Waals surface area contributed by atoms with Crippen LogP contribution in [0.1, 0.15) is 20.1 Å². The Morgan fingerprint density at radius 1 is 1.39 bits per heavy atom. The van der Waals surface area contributed by atoms with Gasteiger partial charge < -0.3 is 26.4 Å². The van der Waals surface area contributed by atoms with Crippen LogP contribution in [0.5, 0.6) is 0 Å². The first-order valence-electron chi connectivity index (χ1n) is 7.07. The van der Waals surface area contributed by atoms with E-state index in [1.54, 1.807) is 13.8 Å². The average molecular weight is 325 g/mol. The molecule has 11 nitrogen and oxygen atoms in total. The molecule has 0 radical (unpaired) electrons. The number of fused-ring (bicyclic) bond motifs is 1. The van der Waals surface area contributed by atoms with E-state index >= 15 is 0 Å². The summed E-state index contributed by atoms with van der Waals surface area (Å²) >= 11 is 0. The maximum absolute atomic E-state index is 10.5. The van der Waals surface area contributed by atoms with E-state index in [0.717, 1.165) is 0 Å². The zero-order chi connectivity index (χ0) is 16.7. The SMILES string of the molecule is CC(C)ON1C(CO)OC(n2cnc3c(N)nc(N)nc32)[C@H]1O. The van der Waals surface area contributed by atoms with E-state index < -0.39 is 18.7 Å². The Morgan fingerprint density at radius 2 is 2.13 bits per heavy atom. The minimum Gasteiger partial charge on any atom is -0.392 e. The Kier molecular flexibility index (Phi) is 4.04. The molecule has 3 rings (SSSR count). The first-order valence-corrected chi connectivity index (χ1v) is 7.07. The molecule has 2 unspecified atom stereocenters. The topological polar surface area (TPSA) is 158 Å². The third kappa shape index (κ3) is 2.68. The van der Waals surface area contributed by atoms with Crippen LogP contribution in [0.25, 0.3) is 11.2 Å². The number of hydrogen-bond donors (Lipinski definition) is 4. The molecule has 0 aromatic carbocycles. The van der Waals surface area contributed by atoms with E-state index in [2.05, 4.69) is 15.0 Å². The summed E-state index contributed by atoms with van der Waals surface area (Å²) in [5.74, 6) is 0.117. The number of hydroxylamine groups is 2. The van der Waals surface area contributed by atoms with Gasteiger partial charge in [-0.25, -0.2) is 4.98 Å². The monoisotopic (exact) mass is 325 g/mol. The van der Waals surface area contributed by atoms with Crippen molar-refractivity contribution < 1.29 is 19.8 Å². The first-order chi connectivity index (χ1) is 10.9. The van der Waals surface area contributed by atoms with Crippen LogP contribution in [0.4, 0.5) is 11.8 Å². The highest BCUT2D eigenvalue weighted by Gasteiger charge is 2.44. The highest BCUT2D eigenvalue weighted by molar-refractivity contribution is 5.82. The number of aliphatic hydroxyl groups excluding tert-OH is 2. The third-order valence-electron chi connectivity index (χ3n) is 3.32. The average Bonchev–Trinajstić information content (AvgIpc) is 3.01. The van der Waals surface area contributed by atoms with Crippen molar-refractivity contribution in [3.8, 4) is 0 Å². The van der Waals surface area contributed by atoms with Gasteiger partial charge in [-0.15, -0.1) is 5.06 Å². The minimum absolute atomic E-state index is 0.0155. The fourth-order valence-corrected chi connectivity index (χ4v) is 2.44. The molecule has 23 heavy (non-hydrogen) atoms. The van der Waals surface area contributed by atoms with Gasteiger partial charge in [-0.3, -0.25) is 9.40 Å². The largest absolute Gasteiger partial charge is 0.392 e. The molecule has 6 N–H and O–H groups in total. The van der Waals surface area contributed by atoms with Crippen LogP contribution in [0, 0.1) is 0 Å². The van der Waals surface area contributed by atoms with Crippen molar-refractivity contribution in [2.75, 3.05) is 18.1 Å². The maximum Gasteiger partial charge on any atom is 0.224 e. The summed E-state index contributed by atoms with van der Waals surface area (Å²) in [7, 11) is 0. The van der Waals surface area contributed by atoms with Crippen molar-refractivity contribution in [1.29, 1.82) is 0 Å². The number of aromatic nitrogens is 4. The van der Waals surface area contributed by atoms with Crippen molar-refractivity contribution in [1.82, 2.24) is 24.6 Å². The molecule has 2 aromatic rings. The molecule has 3 heterocycles. The highest BCUT2D eigenvalue weighted by Crippen LogP contribution is 2.32. The molecule has 0 bridgehead atoms. The first kappa shape index (κ1) is 15.8. The zero-order valence-corrected chi connectivity index (χ0v) is 12.7. The fourth-order valence-electron chi connectivity index (χ4n) is 2.44. The Bertz CT molecular complexity index is 706. The number of rotatable bonds is 4. The van der Waals surface area contributed by atoms with Crippen molar-refractivity contribution in [3.05, 3.63) is 6.33 Å². The van der Waals surface area contributed by atoms with Gasteiger partial charge in [0.05, 0.1) is 19.0 Å². The smallest absolute Gasteiger partial charge is 0.224 e. The van der Waals surface area contributed by atoms with Crippen LogP contribution < -0.4 is 11.5 Å². The molecule has 1 saturated heterocycles. The second-order valence-electron chi connectivity index (χ2n) is 5.38. The normalized spacial score (nSPS) is 25.7. The van der Waals surface area contributed by atoms with Crippen molar-refractivity contribution in [3.63, 3.8) is 0 Å². The number of nitrogens with zero attached hydrogens (tertiary/aromatic N) is 5. The number of hydrogen-bond acceptors (Lipinski definition) is 10. The van der Waals surface area contributed by atoms with Crippen LogP contribution >= 0.6 is 0 Å². The van der Waals surface area contributed by atoms with Gasteiger partial charge in [0.25, 0.3) is 0 Å². The molecule has 0 saturated carbocycles. The summed E-state index contributed by atoms with van der Waals surface area (Å²) in [6.45, 7) is 3.25. The molecule has 1 aliphatic rings. The molecule has 0 aliphatic carbocycles. The molecule has 1 aliphatic heterocycles. The van der Waals surface area contributed by atoms with Gasteiger partial charge >= 0.3 is 0 Å². The van der Waals surface area contributed by atoms with E-state index in [1.165, 1.54) is 16.0 Å². The molecule has 0 spiro atoms. The summed E-state index contributed by atoms with van der Waals surface area (Å²) in [6.07, 6.45) is -1.69. The highest BCUT2D eigenvalue weighted by atomic mass is 16.8. The summed E-state index contributed by atoms with van der Waals surface area (Å²) < 4.78 is 7.12. The van der Waals surface area contributed by atoms with Crippen LogP contribution in [0.2, 0.25) is 0 Å². The molecule has 126 valence electrons. The Morgan fingerprint density at radius 3 is 2.78 bits per heavy atom. The third-order valence-corrected chi connectivity index (χ3v) is 3.32. The molecule has 3 atom stereocenters. The number of aliphatic hydroxyl groups is 2. The number of ether oxygens (including phenoxy) is 1. The lowest BCUT2D eigenvalue weighted by Crippen LogP contribution is -2.41. The van der Waals surface area contributed by atoms with Gasteiger partial charge in [0.1, 0.15) is 5.52 Å². The van der Waals surface area contributed by atoms with Gasteiger partial charge in [-0.1, -0.05) is 0 Å². The second kappa shape index (κ2) is 5.86. The second-order valence-corrected chi connectivity index (χ2v) is 5.38. The van der Waals surface area contributed by atoms with E-state index in [1.807, 2.05) is 0 Å². The molecule has 0 amide bonds. The van der Waals surface area contributed by atoms with Crippen LogP contribution in [0.15, 0.2) is 6.33 Å². The van der Waals surface area contributed by atoms with E-state index in [9.17, 15) is 10.2 Å². The molecule has 11 heteroatoms. The quantitative estimate of drug-likeness (QED) is 0.538. The van der Waals surface area contributed by atoms with Gasteiger partial charge in [0.2, 0.25) is 5.95 Å². The minimum atomic E-state index is -1.18. The number of nitrogens with two attached hydrogens (primary N) is 2. The lowest BCUT2D eigenvalue weighted by Gasteiger charge is -2.25. The van der Waals surface area contributed by atoms with Gasteiger partial charge in [0, 0.05) is 0 Å². The van der Waals surface area contributed by atoms with Crippen LogP contribution in [-0.4, -0.2) is 60.0 Å². The Balaban J connectivity index is 1.99. The lowest BCUT2D eigenvalue weighted by atomic mass is 10.4. The van der Waals surface area contributed by atoms with Crippen LogP contribution in [-0.2, 0) is 9.57 Å². The van der Waals surface area contributed by atoms with E-state index in [-0.39, 0.29) is 24.5 Å². The molecular weight excluding hydrogens is 306 g/mol. The number of imidazole rings is 1. The van der Waals surface area contributed by atoms with Crippen LogP contribution in [0.3, 0.4) is 0 Å². The molecule has 1 fully saturated rings. The van der Waals surface area contributed by atoms with Crippen molar-refractivity contribution in [2.24, 2.45) is 0 Å². The van der Waals surface area contributed by atoms with E-state index in [4.69, 9.17) is 21.0 Å². The van der Waals surface area contributed by atoms with Gasteiger partial charge in [-0.05, 0) is 13.8 Å². The lowest BCUT2D eigenvalue weighted by molar-refractivity contribution is -0.276. The number of nitrogen functional groups attached to an aromatic ring is 2. The maximum atomic E-state index is 10.5. The fraction of sp³-hybridized carbons (Fsp3) is 0.583. The van der Waals surface area contributed by atoms with Gasteiger partial charge in [-0.2, -0.15) is 9.97 Å². The predicted octanol–water partition coefficient (Wildman–Crippen LogP) is -1.20. The van der Waals surface area contributed by atoms with E-state index in [0.29, 0.717) is 11.2 Å². The summed E-state index contributed by atoms with van der Waals surface area (Å²) in [5.41, 5.74) is 12.0. The zero-order valence-electron chi connectivity index (χ0n) is 12.7. The summed E-state index contributed by atoms with van der Waals surface area (Å²) in [6, 6.07) is 0.